The van der Waals surface area contributed by atoms with Crippen LogP contribution < -0.4 is 10.9 Å². The van der Waals surface area contributed by atoms with Gasteiger partial charge in [0, 0.05) is 5.56 Å². The summed E-state index contributed by atoms with van der Waals surface area (Å²) in [6.07, 6.45) is 0.0244. The minimum atomic E-state index is -3.74. The van der Waals surface area contributed by atoms with Crippen molar-refractivity contribution in [2.24, 2.45) is 0 Å². The van der Waals surface area contributed by atoms with Crippen LogP contribution in [-0.2, 0) is 27.2 Å². The normalized spacial score (nSPS) is 13.7. The van der Waals surface area contributed by atoms with Crippen molar-refractivity contribution in [3.8, 4) is 0 Å². The standard InChI is InChI=1S/C20H36N2O7P2/c1-7-26-30(24,27-8-2)18(21-22-19(23)17-14-12-11-13-15-17)16-20(5,6)31(25,28-9-3)29-10-4/h11-15,18,21H,7-10,16H2,1-6H3,(H,22,23). The summed E-state index contributed by atoms with van der Waals surface area (Å²) in [6.45, 7) is 10.9. The number of benzene rings is 1. The van der Waals surface area contributed by atoms with Gasteiger partial charge in [-0.3, -0.25) is 19.4 Å². The van der Waals surface area contributed by atoms with Crippen LogP contribution in [0.1, 0.15) is 58.3 Å². The number of rotatable bonds is 15. The summed E-state index contributed by atoms with van der Waals surface area (Å²) in [6, 6.07) is 8.58. The predicted octanol–water partition coefficient (Wildman–Crippen LogP) is 4.95. The molecule has 0 aliphatic heterocycles. The Kier molecular flexibility index (Phi) is 11.6. The SMILES string of the molecule is CCOP(=O)(OCC)C(CC(C)(C)P(=O)(OCC)OCC)NNC(=O)c1ccccc1. The van der Waals surface area contributed by atoms with E-state index in [-0.39, 0.29) is 32.8 Å². The van der Waals surface area contributed by atoms with Crippen molar-refractivity contribution in [3.05, 3.63) is 35.9 Å². The highest BCUT2D eigenvalue weighted by Crippen LogP contribution is 2.64. The fourth-order valence-corrected chi connectivity index (χ4v) is 7.00. The molecule has 31 heavy (non-hydrogen) atoms. The molecule has 0 aliphatic carbocycles. The van der Waals surface area contributed by atoms with Crippen LogP contribution in [0.4, 0.5) is 0 Å². The van der Waals surface area contributed by atoms with E-state index >= 15 is 0 Å². The predicted molar refractivity (Wildman–Crippen MR) is 121 cm³/mol. The van der Waals surface area contributed by atoms with Gasteiger partial charge in [0.25, 0.3) is 5.91 Å². The van der Waals surface area contributed by atoms with Gasteiger partial charge in [-0.1, -0.05) is 18.2 Å². The van der Waals surface area contributed by atoms with Crippen LogP contribution in [0.5, 0.6) is 0 Å². The highest BCUT2D eigenvalue weighted by molar-refractivity contribution is 7.56. The molecule has 0 aromatic heterocycles. The summed E-state index contributed by atoms with van der Waals surface area (Å²) >= 11 is 0. The van der Waals surface area contributed by atoms with Gasteiger partial charge in [-0.2, -0.15) is 0 Å². The van der Waals surface area contributed by atoms with E-state index in [4.69, 9.17) is 18.1 Å². The fraction of sp³-hybridized carbons (Fsp3) is 0.650. The number of nitrogens with one attached hydrogen (secondary N) is 2. The van der Waals surface area contributed by atoms with Crippen LogP contribution in [0, 0.1) is 0 Å². The largest absolute Gasteiger partial charge is 0.349 e. The number of amides is 1. The summed E-state index contributed by atoms with van der Waals surface area (Å²) in [4.78, 5) is 12.5. The van der Waals surface area contributed by atoms with Gasteiger partial charge in [-0.15, -0.1) is 0 Å². The van der Waals surface area contributed by atoms with Crippen molar-refractivity contribution >= 4 is 21.1 Å². The van der Waals surface area contributed by atoms with E-state index in [0.717, 1.165) is 0 Å². The first-order chi connectivity index (χ1) is 14.6. The minimum absolute atomic E-state index is 0.0244. The van der Waals surface area contributed by atoms with Crippen molar-refractivity contribution in [2.75, 3.05) is 26.4 Å². The maximum atomic E-state index is 13.6. The molecule has 0 saturated heterocycles. The third-order valence-electron chi connectivity index (χ3n) is 4.42. The topological polar surface area (TPSA) is 112 Å². The Bertz CT molecular complexity index is 754. The second-order valence-electron chi connectivity index (χ2n) is 7.21. The molecule has 1 unspecified atom stereocenters. The molecule has 0 heterocycles. The smallest absolute Gasteiger partial charge is 0.308 e. The summed E-state index contributed by atoms with van der Waals surface area (Å²) in [5.74, 6) is -1.41. The van der Waals surface area contributed by atoms with Gasteiger partial charge in [0.15, 0.2) is 0 Å². The molecule has 1 rings (SSSR count). The Morgan fingerprint density at radius 1 is 0.903 bits per heavy atom. The monoisotopic (exact) mass is 478 g/mol. The molecule has 0 radical (unpaired) electrons. The van der Waals surface area contributed by atoms with E-state index in [9.17, 15) is 13.9 Å². The number of hydrazine groups is 1. The zero-order valence-electron chi connectivity index (χ0n) is 19.3. The fourth-order valence-electron chi connectivity index (χ4n) is 2.94. The Balaban J connectivity index is 3.21. The first-order valence-electron chi connectivity index (χ1n) is 10.5. The summed E-state index contributed by atoms with van der Waals surface area (Å²) < 4.78 is 49.0. The molecule has 0 aliphatic rings. The molecule has 0 spiro atoms. The van der Waals surface area contributed by atoms with E-state index in [1.165, 1.54) is 0 Å². The molecule has 0 bridgehead atoms. The van der Waals surface area contributed by atoms with Gasteiger partial charge in [0.2, 0.25) is 0 Å². The molecule has 178 valence electrons. The molecule has 1 aromatic rings. The van der Waals surface area contributed by atoms with Crippen molar-refractivity contribution in [1.29, 1.82) is 0 Å². The van der Waals surface area contributed by atoms with Crippen molar-refractivity contribution in [1.82, 2.24) is 10.9 Å². The van der Waals surface area contributed by atoms with Gasteiger partial charge < -0.3 is 18.1 Å². The average Bonchev–Trinajstić information content (AvgIpc) is 2.72. The van der Waals surface area contributed by atoms with E-state index in [1.807, 2.05) is 0 Å². The molecular weight excluding hydrogens is 442 g/mol. The maximum Gasteiger partial charge on any atom is 0.349 e. The molecule has 11 heteroatoms. The van der Waals surface area contributed by atoms with Crippen LogP contribution in [-0.4, -0.2) is 43.3 Å². The lowest BCUT2D eigenvalue weighted by Gasteiger charge is -2.37. The van der Waals surface area contributed by atoms with Crippen LogP contribution in [0.15, 0.2) is 30.3 Å². The molecular formula is C20H36N2O7P2. The average molecular weight is 478 g/mol. The zero-order chi connectivity index (χ0) is 23.5. The third-order valence-corrected chi connectivity index (χ3v) is 9.59. The van der Waals surface area contributed by atoms with Crippen molar-refractivity contribution in [3.63, 3.8) is 0 Å². The van der Waals surface area contributed by atoms with Gasteiger partial charge in [0.1, 0.15) is 5.78 Å². The summed E-state index contributed by atoms with van der Waals surface area (Å²) in [7, 11) is -7.31. The zero-order valence-corrected chi connectivity index (χ0v) is 21.0. The van der Waals surface area contributed by atoms with E-state index < -0.39 is 32.0 Å². The number of hydrogen-bond donors (Lipinski definition) is 2. The second-order valence-corrected chi connectivity index (χ2v) is 12.1. The molecule has 2 N–H and O–H groups in total. The van der Waals surface area contributed by atoms with Crippen LogP contribution in [0.3, 0.4) is 0 Å². The van der Waals surface area contributed by atoms with E-state index in [2.05, 4.69) is 10.9 Å². The van der Waals surface area contributed by atoms with Gasteiger partial charge in [-0.05, 0) is 60.1 Å². The first-order valence-corrected chi connectivity index (χ1v) is 13.6. The molecule has 1 amide bonds. The summed E-state index contributed by atoms with van der Waals surface area (Å²) in [5, 5.41) is -1.06. The highest BCUT2D eigenvalue weighted by Gasteiger charge is 2.49. The van der Waals surface area contributed by atoms with Crippen LogP contribution >= 0.6 is 15.2 Å². The van der Waals surface area contributed by atoms with Gasteiger partial charge >= 0.3 is 15.2 Å². The lowest BCUT2D eigenvalue weighted by molar-refractivity contribution is 0.0925. The number of hydrogen-bond acceptors (Lipinski definition) is 8. The van der Waals surface area contributed by atoms with Crippen LogP contribution in [0.2, 0.25) is 0 Å². The molecule has 9 nitrogen and oxygen atoms in total. The van der Waals surface area contributed by atoms with Crippen molar-refractivity contribution in [2.45, 2.75) is 58.9 Å². The van der Waals surface area contributed by atoms with Gasteiger partial charge in [0.05, 0.1) is 31.6 Å². The molecule has 1 aromatic carbocycles. The van der Waals surface area contributed by atoms with Crippen LogP contribution in [0.25, 0.3) is 0 Å². The number of carbonyl (C=O) groups is 1. The molecule has 0 saturated carbocycles. The van der Waals surface area contributed by atoms with E-state index in [1.54, 1.807) is 71.9 Å². The molecule has 0 fully saturated rings. The first kappa shape index (κ1) is 28.0. The second kappa shape index (κ2) is 12.9. The highest BCUT2D eigenvalue weighted by atomic mass is 31.2. The third kappa shape index (κ3) is 7.79. The Hall–Kier alpha value is -1.05. The maximum absolute atomic E-state index is 13.6. The van der Waals surface area contributed by atoms with E-state index in [0.29, 0.717) is 5.56 Å². The molecule has 1 atom stereocenters. The summed E-state index contributed by atoms with van der Waals surface area (Å²) in [5.41, 5.74) is 5.78. The lowest BCUT2D eigenvalue weighted by Crippen LogP contribution is -2.47. The van der Waals surface area contributed by atoms with Crippen molar-refractivity contribution < 1.29 is 32.0 Å². The van der Waals surface area contributed by atoms with Gasteiger partial charge in [-0.25, -0.2) is 5.43 Å². The Labute approximate surface area is 185 Å². The minimum Gasteiger partial charge on any atom is -0.308 e. The quantitative estimate of drug-likeness (QED) is 0.269. The Morgan fingerprint density at radius 3 is 1.84 bits per heavy atom. The number of carbonyl (C=O) groups excluding carboxylic acids is 1. The Morgan fingerprint density at radius 2 is 1.39 bits per heavy atom. The lowest BCUT2D eigenvalue weighted by atomic mass is 10.1.